The predicted octanol–water partition coefficient (Wildman–Crippen LogP) is 2.08. The average Bonchev–Trinajstić information content (AvgIpc) is 3.12. The highest BCUT2D eigenvalue weighted by Gasteiger charge is 2.49. The summed E-state index contributed by atoms with van der Waals surface area (Å²) in [5.74, 6) is 0.754. The van der Waals surface area contributed by atoms with Gasteiger partial charge in [0.15, 0.2) is 5.82 Å². The summed E-state index contributed by atoms with van der Waals surface area (Å²) >= 11 is 0. The van der Waals surface area contributed by atoms with Gasteiger partial charge in [0, 0.05) is 18.4 Å². The van der Waals surface area contributed by atoms with Crippen LogP contribution in [0.1, 0.15) is 37.8 Å². The van der Waals surface area contributed by atoms with E-state index in [1.165, 1.54) is 6.42 Å². The van der Waals surface area contributed by atoms with E-state index in [0.29, 0.717) is 18.4 Å². The molecule has 1 amide bonds. The number of rotatable bonds is 4. The fourth-order valence-electron chi connectivity index (χ4n) is 4.15. The maximum Gasteiger partial charge on any atom is 0.228 e. The number of aromatic nitrogens is 3. The van der Waals surface area contributed by atoms with Crippen molar-refractivity contribution in [3.63, 3.8) is 0 Å². The van der Waals surface area contributed by atoms with Crippen LogP contribution >= 0.6 is 0 Å². The molecule has 0 aromatic carbocycles. The van der Waals surface area contributed by atoms with E-state index in [4.69, 9.17) is 0 Å². The Balaban J connectivity index is 1.46. The highest BCUT2D eigenvalue weighted by Crippen LogP contribution is 2.42. The molecule has 1 saturated heterocycles. The largest absolute Gasteiger partial charge is 0.350 e. The summed E-state index contributed by atoms with van der Waals surface area (Å²) in [6, 6.07) is 7.83. The molecular weight excluding hydrogens is 314 g/mol. The lowest BCUT2D eigenvalue weighted by molar-refractivity contribution is -0.133. The fraction of sp³-hybridized carbons (Fsp3) is 0.474. The molecule has 1 aliphatic carbocycles. The zero-order chi connectivity index (χ0) is 17.1. The molecule has 2 aromatic heterocycles. The Morgan fingerprint density at radius 1 is 1.20 bits per heavy atom. The number of hydrogen-bond donors (Lipinski definition) is 2. The number of carbonyl (C=O) groups is 1. The Morgan fingerprint density at radius 3 is 3.04 bits per heavy atom. The molecular formula is C19H23N5O. The molecule has 0 spiro atoms. The second-order valence-corrected chi connectivity index (χ2v) is 6.93. The molecule has 0 radical (unpaired) electrons. The van der Waals surface area contributed by atoms with Gasteiger partial charge in [0.25, 0.3) is 0 Å². The van der Waals surface area contributed by atoms with Crippen LogP contribution < -0.4 is 10.6 Å². The van der Waals surface area contributed by atoms with Gasteiger partial charge in [-0.15, -0.1) is 0 Å². The monoisotopic (exact) mass is 337 g/mol. The second kappa shape index (κ2) is 6.88. The van der Waals surface area contributed by atoms with Crippen molar-refractivity contribution in [2.24, 2.45) is 5.41 Å². The maximum atomic E-state index is 12.9. The Bertz CT molecular complexity index is 750. The summed E-state index contributed by atoms with van der Waals surface area (Å²) in [6.45, 7) is 1.37. The van der Waals surface area contributed by atoms with Gasteiger partial charge in [-0.3, -0.25) is 9.78 Å². The van der Waals surface area contributed by atoms with Crippen LogP contribution in [0.4, 0.5) is 0 Å². The summed E-state index contributed by atoms with van der Waals surface area (Å²) < 4.78 is 0. The molecule has 130 valence electrons. The van der Waals surface area contributed by atoms with Gasteiger partial charge in [0.2, 0.25) is 5.91 Å². The van der Waals surface area contributed by atoms with Crippen LogP contribution in [-0.4, -0.2) is 33.4 Å². The molecule has 4 rings (SSSR count). The molecule has 6 heteroatoms. The van der Waals surface area contributed by atoms with E-state index >= 15 is 0 Å². The van der Waals surface area contributed by atoms with E-state index in [0.717, 1.165) is 43.6 Å². The fourth-order valence-corrected chi connectivity index (χ4v) is 4.15. The SMILES string of the molecule is O=C(NCc1ccnc(-c2ccccn2)n1)[C@@]12CCCC[C@@H]1NCC2. The molecule has 3 heterocycles. The molecule has 1 aliphatic heterocycles. The summed E-state index contributed by atoms with van der Waals surface area (Å²) in [5.41, 5.74) is 1.31. The van der Waals surface area contributed by atoms with E-state index in [-0.39, 0.29) is 11.3 Å². The van der Waals surface area contributed by atoms with Crippen molar-refractivity contribution in [2.75, 3.05) is 6.54 Å². The predicted molar refractivity (Wildman–Crippen MR) is 94.4 cm³/mol. The number of hydrogen-bond acceptors (Lipinski definition) is 5. The first kappa shape index (κ1) is 16.1. The first-order valence-corrected chi connectivity index (χ1v) is 9.03. The highest BCUT2D eigenvalue weighted by atomic mass is 16.2. The minimum atomic E-state index is -0.227. The third-order valence-electron chi connectivity index (χ3n) is 5.48. The van der Waals surface area contributed by atoms with Crippen LogP contribution in [0.2, 0.25) is 0 Å². The minimum Gasteiger partial charge on any atom is -0.350 e. The highest BCUT2D eigenvalue weighted by molar-refractivity contribution is 5.84. The Kier molecular flexibility index (Phi) is 4.44. The van der Waals surface area contributed by atoms with Gasteiger partial charge in [0.1, 0.15) is 5.69 Å². The summed E-state index contributed by atoms with van der Waals surface area (Å²) in [4.78, 5) is 26.0. The van der Waals surface area contributed by atoms with Crippen molar-refractivity contribution >= 4 is 5.91 Å². The second-order valence-electron chi connectivity index (χ2n) is 6.93. The zero-order valence-corrected chi connectivity index (χ0v) is 14.2. The van der Waals surface area contributed by atoms with E-state index in [9.17, 15) is 4.79 Å². The first-order chi connectivity index (χ1) is 12.3. The van der Waals surface area contributed by atoms with Crippen molar-refractivity contribution in [2.45, 2.75) is 44.7 Å². The topological polar surface area (TPSA) is 79.8 Å². The molecule has 2 atom stereocenters. The first-order valence-electron chi connectivity index (χ1n) is 9.03. The average molecular weight is 337 g/mol. The van der Waals surface area contributed by atoms with Gasteiger partial charge in [0.05, 0.1) is 17.7 Å². The van der Waals surface area contributed by atoms with E-state index in [2.05, 4.69) is 25.6 Å². The summed E-state index contributed by atoms with van der Waals surface area (Å²) in [5, 5.41) is 6.63. The Labute approximate surface area is 147 Å². The normalized spacial score (nSPS) is 25.4. The Morgan fingerprint density at radius 2 is 2.16 bits per heavy atom. The van der Waals surface area contributed by atoms with Gasteiger partial charge in [-0.1, -0.05) is 18.9 Å². The number of fused-ring (bicyclic) bond motifs is 1. The number of carbonyl (C=O) groups excluding carboxylic acids is 1. The maximum absolute atomic E-state index is 12.9. The summed E-state index contributed by atoms with van der Waals surface area (Å²) in [6.07, 6.45) is 8.82. The van der Waals surface area contributed by atoms with Gasteiger partial charge < -0.3 is 10.6 Å². The standard InChI is InChI=1S/C19H23N5O/c25-18(19-8-3-1-6-16(19)21-12-9-19)23-13-14-7-11-22-17(24-14)15-5-2-4-10-20-15/h2,4-5,7,10-11,16,21H,1,3,6,8-9,12-13H2,(H,23,25)/t16-,19+/m0/s1. The third-order valence-corrected chi connectivity index (χ3v) is 5.48. The Hall–Kier alpha value is -2.34. The van der Waals surface area contributed by atoms with Crippen molar-refractivity contribution in [3.05, 3.63) is 42.4 Å². The lowest BCUT2D eigenvalue weighted by atomic mass is 9.70. The number of amides is 1. The lowest BCUT2D eigenvalue weighted by Gasteiger charge is -2.37. The smallest absolute Gasteiger partial charge is 0.228 e. The molecule has 0 bridgehead atoms. The molecule has 6 nitrogen and oxygen atoms in total. The quantitative estimate of drug-likeness (QED) is 0.893. The van der Waals surface area contributed by atoms with E-state index in [1.807, 2.05) is 24.3 Å². The van der Waals surface area contributed by atoms with Crippen LogP contribution in [0.3, 0.4) is 0 Å². The number of nitrogens with zero attached hydrogens (tertiary/aromatic N) is 3. The molecule has 2 aromatic rings. The van der Waals surface area contributed by atoms with Crippen molar-refractivity contribution in [1.82, 2.24) is 25.6 Å². The van der Waals surface area contributed by atoms with Gasteiger partial charge in [-0.2, -0.15) is 0 Å². The molecule has 25 heavy (non-hydrogen) atoms. The molecule has 2 aliphatic rings. The van der Waals surface area contributed by atoms with Gasteiger partial charge >= 0.3 is 0 Å². The lowest BCUT2D eigenvalue weighted by Crippen LogP contribution is -2.50. The van der Waals surface area contributed by atoms with E-state index in [1.54, 1.807) is 12.4 Å². The number of pyridine rings is 1. The van der Waals surface area contributed by atoms with Gasteiger partial charge in [-0.05, 0) is 44.0 Å². The molecule has 0 unspecified atom stereocenters. The van der Waals surface area contributed by atoms with Crippen LogP contribution in [-0.2, 0) is 11.3 Å². The van der Waals surface area contributed by atoms with Crippen LogP contribution in [0.25, 0.3) is 11.5 Å². The van der Waals surface area contributed by atoms with Crippen LogP contribution in [0, 0.1) is 5.41 Å². The molecule has 1 saturated carbocycles. The van der Waals surface area contributed by atoms with Crippen LogP contribution in [0.5, 0.6) is 0 Å². The van der Waals surface area contributed by atoms with Crippen molar-refractivity contribution < 1.29 is 4.79 Å². The molecule has 2 fully saturated rings. The number of nitrogens with one attached hydrogen (secondary N) is 2. The van der Waals surface area contributed by atoms with E-state index < -0.39 is 0 Å². The third kappa shape index (κ3) is 3.14. The molecule has 2 N–H and O–H groups in total. The zero-order valence-electron chi connectivity index (χ0n) is 14.2. The van der Waals surface area contributed by atoms with Crippen LogP contribution in [0.15, 0.2) is 36.7 Å². The van der Waals surface area contributed by atoms with Crippen molar-refractivity contribution in [3.8, 4) is 11.5 Å². The summed E-state index contributed by atoms with van der Waals surface area (Å²) in [7, 11) is 0. The van der Waals surface area contributed by atoms with Gasteiger partial charge in [-0.25, -0.2) is 9.97 Å². The van der Waals surface area contributed by atoms with Crippen molar-refractivity contribution in [1.29, 1.82) is 0 Å². The minimum absolute atomic E-state index is 0.167.